The summed E-state index contributed by atoms with van der Waals surface area (Å²) in [6, 6.07) is 6.47. The summed E-state index contributed by atoms with van der Waals surface area (Å²) in [4.78, 5) is 0. The molecule has 23 heavy (non-hydrogen) atoms. The molecule has 0 heterocycles. The van der Waals surface area contributed by atoms with Gasteiger partial charge in [-0.15, -0.1) is 0 Å². The number of hydrogen-bond acceptors (Lipinski definition) is 1. The Hall–Kier alpha value is -1.31. The molecule has 0 N–H and O–H groups in total. The Morgan fingerprint density at radius 3 is 2.57 bits per heavy atom. The molecule has 0 radical (unpaired) electrons. The second-order valence-corrected chi connectivity index (χ2v) is 6.82. The highest BCUT2D eigenvalue weighted by Crippen LogP contribution is 2.39. The predicted octanol–water partition coefficient (Wildman–Crippen LogP) is 6.36. The fraction of sp³-hybridized carbons (Fsp3) is 0.619. The van der Waals surface area contributed by atoms with Crippen molar-refractivity contribution in [2.45, 2.75) is 64.2 Å². The molecule has 0 amide bonds. The maximum Gasteiger partial charge on any atom is 0.119 e. The molecule has 0 bridgehead atoms. The molecule has 0 saturated heterocycles. The normalized spacial score (nSPS) is 21.7. The molecule has 1 aromatic rings. The van der Waals surface area contributed by atoms with Gasteiger partial charge in [0.15, 0.2) is 0 Å². The fourth-order valence-corrected chi connectivity index (χ4v) is 3.71. The van der Waals surface area contributed by atoms with E-state index in [1.807, 2.05) is 0 Å². The van der Waals surface area contributed by atoms with Gasteiger partial charge in [-0.25, -0.2) is 0 Å². The zero-order chi connectivity index (χ0) is 16.5. The van der Waals surface area contributed by atoms with Gasteiger partial charge in [-0.05, 0) is 93.4 Å². The predicted molar refractivity (Wildman–Crippen MR) is 96.0 cm³/mol. The second-order valence-electron chi connectivity index (χ2n) is 6.82. The number of benzene rings is 1. The number of rotatable bonds is 8. The number of ether oxygens (including phenoxy) is 1. The lowest BCUT2D eigenvalue weighted by Crippen LogP contribution is -2.14. The van der Waals surface area contributed by atoms with Crippen molar-refractivity contribution in [1.82, 2.24) is 0 Å². The number of hydrogen-bond donors (Lipinski definition) is 0. The van der Waals surface area contributed by atoms with Crippen molar-refractivity contribution in [3.05, 3.63) is 41.5 Å². The first-order chi connectivity index (χ1) is 11.2. The summed E-state index contributed by atoms with van der Waals surface area (Å²) >= 11 is 0. The Bertz CT molecular complexity index is 487. The summed E-state index contributed by atoms with van der Waals surface area (Å²) in [5.41, 5.74) is 2.87. The van der Waals surface area contributed by atoms with Crippen LogP contribution in [0.15, 0.2) is 30.4 Å². The topological polar surface area (TPSA) is 9.23 Å². The maximum atomic E-state index is 12.0. The summed E-state index contributed by atoms with van der Waals surface area (Å²) in [5, 5.41) is 0. The van der Waals surface area contributed by atoms with Crippen molar-refractivity contribution in [2.24, 2.45) is 5.92 Å². The van der Waals surface area contributed by atoms with Gasteiger partial charge < -0.3 is 4.74 Å². The molecule has 2 rings (SSSR count). The van der Waals surface area contributed by atoms with Gasteiger partial charge >= 0.3 is 0 Å². The molecule has 2 heteroatoms. The molecule has 0 aromatic heterocycles. The number of methoxy groups -OCH3 is 1. The lowest BCUT2D eigenvalue weighted by atomic mass is 9.76. The molecule has 1 aliphatic rings. The van der Waals surface area contributed by atoms with Crippen molar-refractivity contribution in [3.63, 3.8) is 0 Å². The number of halogens is 1. The zero-order valence-corrected chi connectivity index (χ0v) is 14.7. The summed E-state index contributed by atoms with van der Waals surface area (Å²) in [6.45, 7) is 2.02. The summed E-state index contributed by atoms with van der Waals surface area (Å²) < 4.78 is 17.4. The van der Waals surface area contributed by atoms with Crippen LogP contribution < -0.4 is 4.74 Å². The molecule has 128 valence electrons. The molecule has 1 aliphatic carbocycles. The van der Waals surface area contributed by atoms with Crippen molar-refractivity contribution in [3.8, 4) is 5.75 Å². The van der Waals surface area contributed by atoms with Crippen LogP contribution >= 0.6 is 0 Å². The van der Waals surface area contributed by atoms with Crippen LogP contribution in [-0.4, -0.2) is 13.8 Å². The van der Waals surface area contributed by atoms with E-state index in [1.165, 1.54) is 43.2 Å². The molecule has 1 saturated carbocycles. The third-order valence-corrected chi connectivity index (χ3v) is 5.19. The lowest BCUT2D eigenvalue weighted by Gasteiger charge is -2.29. The van der Waals surface area contributed by atoms with E-state index in [1.54, 1.807) is 7.11 Å². The van der Waals surface area contributed by atoms with Crippen LogP contribution in [0.2, 0.25) is 0 Å². The monoisotopic (exact) mass is 318 g/mol. The van der Waals surface area contributed by atoms with Crippen molar-refractivity contribution < 1.29 is 9.13 Å². The van der Waals surface area contributed by atoms with E-state index >= 15 is 0 Å². The van der Waals surface area contributed by atoms with Crippen LogP contribution in [0.25, 0.3) is 0 Å². The molecule has 0 aliphatic heterocycles. The molecule has 0 atom stereocenters. The minimum absolute atomic E-state index is 0.196. The summed E-state index contributed by atoms with van der Waals surface area (Å²) in [6.07, 6.45) is 13.6. The zero-order valence-electron chi connectivity index (χ0n) is 14.7. The molecular weight excluding hydrogens is 287 g/mol. The number of unbranched alkanes of at least 4 members (excludes halogenated alkanes) is 1. The Kier molecular flexibility index (Phi) is 7.64. The van der Waals surface area contributed by atoms with E-state index in [0.29, 0.717) is 12.3 Å². The van der Waals surface area contributed by atoms with E-state index in [0.717, 1.165) is 24.5 Å². The van der Waals surface area contributed by atoms with Gasteiger partial charge in [0.2, 0.25) is 0 Å². The minimum atomic E-state index is -0.196. The Morgan fingerprint density at radius 1 is 1.13 bits per heavy atom. The van der Waals surface area contributed by atoms with Gasteiger partial charge in [0.05, 0.1) is 13.8 Å². The largest absolute Gasteiger partial charge is 0.497 e. The number of aryl methyl sites for hydroxylation is 1. The van der Waals surface area contributed by atoms with Crippen LogP contribution in [-0.2, 0) is 0 Å². The Morgan fingerprint density at radius 2 is 1.87 bits per heavy atom. The third-order valence-electron chi connectivity index (χ3n) is 5.19. The quantitative estimate of drug-likeness (QED) is 0.400. The fourth-order valence-electron chi connectivity index (χ4n) is 3.71. The first-order valence-electron chi connectivity index (χ1n) is 9.10. The average Bonchev–Trinajstić information content (AvgIpc) is 2.59. The first-order valence-corrected chi connectivity index (χ1v) is 9.10. The summed E-state index contributed by atoms with van der Waals surface area (Å²) in [5.74, 6) is 2.54. The van der Waals surface area contributed by atoms with Gasteiger partial charge in [-0.1, -0.05) is 18.2 Å². The highest BCUT2D eigenvalue weighted by molar-refractivity contribution is 5.37. The Balaban J connectivity index is 1.76. The first kappa shape index (κ1) is 18.0. The minimum Gasteiger partial charge on any atom is -0.497 e. The number of allylic oxidation sites excluding steroid dienone is 2. The van der Waals surface area contributed by atoms with Crippen LogP contribution in [0.3, 0.4) is 0 Å². The van der Waals surface area contributed by atoms with Crippen LogP contribution in [0.5, 0.6) is 5.75 Å². The molecular formula is C21H31FO. The average molecular weight is 318 g/mol. The summed E-state index contributed by atoms with van der Waals surface area (Å²) in [7, 11) is 1.74. The van der Waals surface area contributed by atoms with E-state index in [-0.39, 0.29) is 6.67 Å². The van der Waals surface area contributed by atoms with Gasteiger partial charge in [0, 0.05) is 0 Å². The van der Waals surface area contributed by atoms with Gasteiger partial charge in [0.25, 0.3) is 0 Å². The molecule has 1 fully saturated rings. The maximum absolute atomic E-state index is 12.0. The van der Waals surface area contributed by atoms with Crippen molar-refractivity contribution >= 4 is 0 Å². The second kappa shape index (κ2) is 9.75. The SMILES string of the molecule is COc1ccc(C)c(C2CCC(CC/C=C/CCCF)CC2)c1. The smallest absolute Gasteiger partial charge is 0.119 e. The lowest BCUT2D eigenvalue weighted by molar-refractivity contribution is 0.310. The number of alkyl halides is 1. The van der Waals surface area contributed by atoms with E-state index in [2.05, 4.69) is 37.3 Å². The van der Waals surface area contributed by atoms with Crippen LogP contribution in [0, 0.1) is 12.8 Å². The van der Waals surface area contributed by atoms with Gasteiger partial charge in [0.1, 0.15) is 5.75 Å². The van der Waals surface area contributed by atoms with Crippen LogP contribution in [0.1, 0.15) is 68.4 Å². The van der Waals surface area contributed by atoms with E-state index in [9.17, 15) is 4.39 Å². The standard InChI is InChI=1S/C21H31FO/c1-17-9-14-20(23-2)16-21(17)19-12-10-18(11-13-19)8-6-4-3-5-7-15-22/h3-4,9,14,16,18-19H,5-8,10-13,15H2,1-2H3/b4-3+. The van der Waals surface area contributed by atoms with Crippen molar-refractivity contribution in [1.29, 1.82) is 0 Å². The van der Waals surface area contributed by atoms with Crippen molar-refractivity contribution in [2.75, 3.05) is 13.8 Å². The van der Waals surface area contributed by atoms with E-state index < -0.39 is 0 Å². The molecule has 0 unspecified atom stereocenters. The third kappa shape index (κ3) is 5.67. The molecule has 1 nitrogen and oxygen atoms in total. The Labute approximate surface area is 140 Å². The highest BCUT2D eigenvalue weighted by Gasteiger charge is 2.23. The molecule has 1 aromatic carbocycles. The van der Waals surface area contributed by atoms with Gasteiger partial charge in [-0.3, -0.25) is 4.39 Å². The van der Waals surface area contributed by atoms with Crippen LogP contribution in [0.4, 0.5) is 4.39 Å². The highest BCUT2D eigenvalue weighted by atomic mass is 19.1. The van der Waals surface area contributed by atoms with Gasteiger partial charge in [-0.2, -0.15) is 0 Å². The molecule has 0 spiro atoms. The van der Waals surface area contributed by atoms with E-state index in [4.69, 9.17) is 4.74 Å².